The van der Waals surface area contributed by atoms with E-state index in [9.17, 15) is 4.39 Å². The van der Waals surface area contributed by atoms with E-state index in [1.165, 1.54) is 12.1 Å². The summed E-state index contributed by atoms with van der Waals surface area (Å²) >= 11 is 0. The van der Waals surface area contributed by atoms with Gasteiger partial charge in [-0.1, -0.05) is 26.0 Å². The molecular formula is C22H39FIN5O. The predicted molar refractivity (Wildman–Crippen MR) is 133 cm³/mol. The Morgan fingerprint density at radius 1 is 1.27 bits per heavy atom. The van der Waals surface area contributed by atoms with Gasteiger partial charge >= 0.3 is 0 Å². The molecular weight excluding hydrogens is 496 g/mol. The van der Waals surface area contributed by atoms with Gasteiger partial charge in [-0.05, 0) is 44.6 Å². The summed E-state index contributed by atoms with van der Waals surface area (Å²) in [5.74, 6) is 1.23. The standard InChI is InChI=1S/C22H38FN5O.HI/c1-6-24-22(25-13-20-16-28(11-12-29-20)15-17(2)3)26-14-21(27(4)5)18-7-9-19(23)10-8-18;/h7-10,17,20-21H,6,11-16H2,1-5H3,(H2,24,25,26);1H. The predicted octanol–water partition coefficient (Wildman–Crippen LogP) is 2.96. The fraction of sp³-hybridized carbons (Fsp3) is 0.682. The maximum atomic E-state index is 13.3. The van der Waals surface area contributed by atoms with E-state index in [2.05, 4.69) is 41.2 Å². The van der Waals surface area contributed by atoms with Crippen LogP contribution in [0, 0.1) is 11.7 Å². The highest BCUT2D eigenvalue weighted by molar-refractivity contribution is 14.0. The van der Waals surface area contributed by atoms with Gasteiger partial charge in [-0.15, -0.1) is 24.0 Å². The molecule has 1 aliphatic rings. The van der Waals surface area contributed by atoms with Gasteiger partial charge in [0.05, 0.1) is 25.3 Å². The number of hydrogen-bond donors (Lipinski definition) is 2. The Morgan fingerprint density at radius 2 is 1.97 bits per heavy atom. The van der Waals surface area contributed by atoms with E-state index in [1.807, 2.05) is 26.2 Å². The smallest absolute Gasteiger partial charge is 0.191 e. The number of benzene rings is 1. The van der Waals surface area contributed by atoms with Gasteiger partial charge in [-0.2, -0.15) is 0 Å². The zero-order valence-electron chi connectivity index (χ0n) is 19.0. The van der Waals surface area contributed by atoms with Crippen molar-refractivity contribution in [3.05, 3.63) is 35.6 Å². The maximum Gasteiger partial charge on any atom is 0.191 e. The summed E-state index contributed by atoms with van der Waals surface area (Å²) in [5.41, 5.74) is 1.05. The number of aliphatic imine (C=N–C) groups is 1. The van der Waals surface area contributed by atoms with Crippen LogP contribution in [0.5, 0.6) is 0 Å². The number of guanidine groups is 1. The van der Waals surface area contributed by atoms with E-state index < -0.39 is 0 Å². The Kier molecular flexibility index (Phi) is 12.8. The number of hydrogen-bond acceptors (Lipinski definition) is 4. The number of nitrogens with one attached hydrogen (secondary N) is 2. The molecule has 0 spiro atoms. The first-order chi connectivity index (χ1) is 13.9. The van der Waals surface area contributed by atoms with E-state index in [1.54, 1.807) is 0 Å². The van der Waals surface area contributed by atoms with Gasteiger partial charge in [-0.25, -0.2) is 4.39 Å². The first-order valence-electron chi connectivity index (χ1n) is 10.7. The molecule has 0 amide bonds. The fourth-order valence-corrected chi connectivity index (χ4v) is 3.57. The van der Waals surface area contributed by atoms with Crippen molar-refractivity contribution >= 4 is 29.9 Å². The summed E-state index contributed by atoms with van der Waals surface area (Å²) in [6.07, 6.45) is 0.160. The highest BCUT2D eigenvalue weighted by atomic mass is 127. The zero-order chi connectivity index (χ0) is 21.2. The Labute approximate surface area is 198 Å². The highest BCUT2D eigenvalue weighted by Crippen LogP contribution is 2.19. The van der Waals surface area contributed by atoms with Crippen LogP contribution in [0.1, 0.15) is 32.4 Å². The number of halogens is 2. The Morgan fingerprint density at radius 3 is 2.57 bits per heavy atom. The molecule has 0 radical (unpaired) electrons. The number of rotatable bonds is 9. The molecule has 1 fully saturated rings. The van der Waals surface area contributed by atoms with Crippen LogP contribution in [0.15, 0.2) is 29.3 Å². The lowest BCUT2D eigenvalue weighted by atomic mass is 10.1. The summed E-state index contributed by atoms with van der Waals surface area (Å²) in [7, 11) is 4.03. The largest absolute Gasteiger partial charge is 0.374 e. The molecule has 1 aromatic carbocycles. The van der Waals surface area contributed by atoms with Gasteiger partial charge in [0.15, 0.2) is 5.96 Å². The van der Waals surface area contributed by atoms with Crippen molar-refractivity contribution in [1.29, 1.82) is 0 Å². The van der Waals surface area contributed by atoms with Crippen LogP contribution in [0.3, 0.4) is 0 Å². The molecule has 0 aromatic heterocycles. The molecule has 2 N–H and O–H groups in total. The molecule has 1 aromatic rings. The molecule has 8 heteroatoms. The highest BCUT2D eigenvalue weighted by Gasteiger charge is 2.21. The second-order valence-corrected chi connectivity index (χ2v) is 8.28. The minimum atomic E-state index is -0.219. The van der Waals surface area contributed by atoms with Crippen molar-refractivity contribution in [1.82, 2.24) is 20.4 Å². The summed E-state index contributed by atoms with van der Waals surface area (Å²) in [4.78, 5) is 9.35. The number of morpholine rings is 1. The van der Waals surface area contributed by atoms with Crippen molar-refractivity contribution in [3.63, 3.8) is 0 Å². The number of nitrogens with zero attached hydrogens (tertiary/aromatic N) is 3. The molecule has 2 atom stereocenters. The molecule has 1 aliphatic heterocycles. The lowest BCUT2D eigenvalue weighted by molar-refractivity contribution is -0.0284. The maximum absolute atomic E-state index is 13.3. The fourth-order valence-electron chi connectivity index (χ4n) is 3.57. The lowest BCUT2D eigenvalue weighted by Crippen LogP contribution is -2.50. The summed E-state index contributed by atoms with van der Waals surface area (Å²) in [5, 5.41) is 6.74. The van der Waals surface area contributed by atoms with Gasteiger partial charge in [-0.3, -0.25) is 9.89 Å². The number of likely N-dealkylation sites (N-methyl/N-ethyl adjacent to an activating group) is 1. The molecule has 0 aliphatic carbocycles. The Hall–Kier alpha value is -0.970. The lowest BCUT2D eigenvalue weighted by Gasteiger charge is -2.34. The zero-order valence-corrected chi connectivity index (χ0v) is 21.4. The SMILES string of the molecule is CCNC(=NCC(c1ccc(F)cc1)N(C)C)NCC1CN(CC(C)C)CCO1.I. The average Bonchev–Trinajstić information content (AvgIpc) is 2.67. The van der Waals surface area contributed by atoms with Crippen LogP contribution in [0.25, 0.3) is 0 Å². The minimum Gasteiger partial charge on any atom is -0.374 e. The summed E-state index contributed by atoms with van der Waals surface area (Å²) in [6, 6.07) is 6.74. The third kappa shape index (κ3) is 9.45. The van der Waals surface area contributed by atoms with Gasteiger partial charge in [0.25, 0.3) is 0 Å². The second-order valence-electron chi connectivity index (χ2n) is 8.28. The minimum absolute atomic E-state index is 0. The van der Waals surface area contributed by atoms with E-state index in [4.69, 9.17) is 9.73 Å². The van der Waals surface area contributed by atoms with Crippen molar-refractivity contribution in [3.8, 4) is 0 Å². The van der Waals surface area contributed by atoms with Crippen LogP contribution < -0.4 is 10.6 Å². The van der Waals surface area contributed by atoms with Crippen molar-refractivity contribution in [2.75, 3.05) is 60.0 Å². The Balaban J connectivity index is 0.00000450. The Bertz CT molecular complexity index is 626. The average molecular weight is 535 g/mol. The van der Waals surface area contributed by atoms with Crippen LogP contribution in [-0.2, 0) is 4.74 Å². The first-order valence-corrected chi connectivity index (χ1v) is 10.7. The van der Waals surface area contributed by atoms with Crippen molar-refractivity contribution in [2.24, 2.45) is 10.9 Å². The van der Waals surface area contributed by atoms with Gasteiger partial charge < -0.3 is 20.3 Å². The third-order valence-corrected chi connectivity index (χ3v) is 4.99. The molecule has 2 unspecified atom stereocenters. The normalized spacial score (nSPS) is 18.9. The quantitative estimate of drug-likeness (QED) is 0.290. The van der Waals surface area contributed by atoms with Crippen LogP contribution >= 0.6 is 24.0 Å². The molecule has 1 saturated heterocycles. The third-order valence-electron chi connectivity index (χ3n) is 4.99. The van der Waals surface area contributed by atoms with Crippen molar-refractivity contribution in [2.45, 2.75) is 32.9 Å². The van der Waals surface area contributed by atoms with Crippen molar-refractivity contribution < 1.29 is 9.13 Å². The summed E-state index contributed by atoms with van der Waals surface area (Å²) in [6.45, 7) is 12.5. The summed E-state index contributed by atoms with van der Waals surface area (Å²) < 4.78 is 19.2. The van der Waals surface area contributed by atoms with E-state index in [-0.39, 0.29) is 41.9 Å². The molecule has 30 heavy (non-hydrogen) atoms. The molecule has 6 nitrogen and oxygen atoms in total. The van der Waals surface area contributed by atoms with E-state index in [0.29, 0.717) is 12.5 Å². The van der Waals surface area contributed by atoms with E-state index >= 15 is 0 Å². The molecule has 1 heterocycles. The first kappa shape index (κ1) is 27.1. The topological polar surface area (TPSA) is 52.1 Å². The molecule has 0 saturated carbocycles. The van der Waals surface area contributed by atoms with Crippen LogP contribution in [-0.4, -0.2) is 81.8 Å². The van der Waals surface area contributed by atoms with E-state index in [0.717, 1.165) is 50.9 Å². The van der Waals surface area contributed by atoms with Crippen LogP contribution in [0.2, 0.25) is 0 Å². The van der Waals surface area contributed by atoms with Gasteiger partial charge in [0.2, 0.25) is 0 Å². The monoisotopic (exact) mass is 535 g/mol. The second kappa shape index (κ2) is 14.2. The molecule has 2 rings (SSSR count). The molecule has 0 bridgehead atoms. The van der Waals surface area contributed by atoms with Gasteiger partial charge in [0.1, 0.15) is 5.82 Å². The molecule has 172 valence electrons. The van der Waals surface area contributed by atoms with Crippen LogP contribution in [0.4, 0.5) is 4.39 Å². The van der Waals surface area contributed by atoms with Gasteiger partial charge in [0, 0.05) is 32.7 Å². The number of ether oxygens (including phenoxy) is 1.